The summed E-state index contributed by atoms with van der Waals surface area (Å²) in [4.78, 5) is 23.2. The summed E-state index contributed by atoms with van der Waals surface area (Å²) in [6.07, 6.45) is 1.52. The smallest absolute Gasteiger partial charge is 0.326 e. The molecule has 0 aromatic carbocycles. The Hall–Kier alpha value is -1.14. The van der Waals surface area contributed by atoms with E-state index in [1.165, 1.54) is 0 Å². The number of amides is 1. The molecule has 1 aliphatic heterocycles. The lowest BCUT2D eigenvalue weighted by atomic mass is 9.89. The molecule has 1 amide bonds. The van der Waals surface area contributed by atoms with Crippen molar-refractivity contribution < 1.29 is 19.4 Å². The largest absolute Gasteiger partial charge is 0.480 e. The third kappa shape index (κ3) is 3.43. The van der Waals surface area contributed by atoms with E-state index < -0.39 is 23.5 Å². The molecule has 0 aromatic heterocycles. The van der Waals surface area contributed by atoms with E-state index in [1.807, 2.05) is 6.92 Å². The van der Waals surface area contributed by atoms with Crippen LogP contribution in [0.5, 0.6) is 0 Å². The highest BCUT2D eigenvalue weighted by molar-refractivity contribution is 5.90. The predicted octanol–water partition coefficient (Wildman–Crippen LogP) is 0.110. The van der Waals surface area contributed by atoms with Gasteiger partial charge in [0.1, 0.15) is 6.04 Å². The molecular formula is C12H22N2O4. The zero-order valence-corrected chi connectivity index (χ0v) is 10.9. The lowest BCUT2D eigenvalue weighted by Crippen LogP contribution is -2.60. The van der Waals surface area contributed by atoms with E-state index in [0.717, 1.165) is 0 Å². The van der Waals surface area contributed by atoms with Crippen molar-refractivity contribution in [2.24, 2.45) is 11.7 Å². The molecule has 0 radical (unpaired) electrons. The van der Waals surface area contributed by atoms with Crippen LogP contribution in [0.2, 0.25) is 0 Å². The molecule has 1 rings (SSSR count). The fraction of sp³-hybridized carbons (Fsp3) is 0.833. The predicted molar refractivity (Wildman–Crippen MR) is 66.0 cm³/mol. The van der Waals surface area contributed by atoms with Crippen molar-refractivity contribution in [3.05, 3.63) is 0 Å². The van der Waals surface area contributed by atoms with Gasteiger partial charge in [0.15, 0.2) is 0 Å². The highest BCUT2D eigenvalue weighted by Gasteiger charge is 2.38. The molecule has 1 saturated heterocycles. The van der Waals surface area contributed by atoms with Crippen LogP contribution in [0.25, 0.3) is 0 Å². The minimum Gasteiger partial charge on any atom is -0.480 e. The number of nitrogens with one attached hydrogen (secondary N) is 1. The third-order valence-electron chi connectivity index (χ3n) is 3.60. The quantitative estimate of drug-likeness (QED) is 0.649. The summed E-state index contributed by atoms with van der Waals surface area (Å²) in [6, 6.07) is -0.884. The van der Waals surface area contributed by atoms with Crippen molar-refractivity contribution in [1.29, 1.82) is 0 Å². The number of aliphatic carboxylic acids is 1. The Morgan fingerprint density at radius 3 is 2.44 bits per heavy atom. The van der Waals surface area contributed by atoms with Crippen LogP contribution in [0.1, 0.15) is 33.1 Å². The van der Waals surface area contributed by atoms with Gasteiger partial charge in [0.2, 0.25) is 5.91 Å². The first kappa shape index (κ1) is 14.9. The summed E-state index contributed by atoms with van der Waals surface area (Å²) < 4.78 is 5.16. The Morgan fingerprint density at radius 2 is 2.00 bits per heavy atom. The van der Waals surface area contributed by atoms with Crippen molar-refractivity contribution in [1.82, 2.24) is 5.32 Å². The van der Waals surface area contributed by atoms with E-state index in [9.17, 15) is 9.59 Å². The Balaban J connectivity index is 2.68. The summed E-state index contributed by atoms with van der Waals surface area (Å²) in [5.74, 6) is -1.54. The van der Waals surface area contributed by atoms with Crippen molar-refractivity contribution >= 4 is 11.9 Å². The lowest BCUT2D eigenvalue weighted by molar-refractivity contribution is -0.145. The highest BCUT2D eigenvalue weighted by Crippen LogP contribution is 2.19. The monoisotopic (exact) mass is 258 g/mol. The number of ether oxygens (including phenoxy) is 1. The van der Waals surface area contributed by atoms with Gasteiger partial charge in [-0.25, -0.2) is 4.79 Å². The summed E-state index contributed by atoms with van der Waals surface area (Å²) in [5, 5.41) is 11.7. The molecule has 6 heteroatoms. The third-order valence-corrected chi connectivity index (χ3v) is 3.60. The van der Waals surface area contributed by atoms with Crippen LogP contribution >= 0.6 is 0 Å². The van der Waals surface area contributed by atoms with Crippen LogP contribution in [0, 0.1) is 5.92 Å². The standard InChI is InChI=1S/C12H22N2O4/c1-3-8(2)9(10(15)16)14-11(17)12(13)4-6-18-7-5-12/h8-9H,3-7,13H2,1-2H3,(H,14,17)(H,15,16)/t8?,9-/m0/s1. The van der Waals surface area contributed by atoms with Gasteiger partial charge in [-0.05, 0) is 18.8 Å². The average Bonchev–Trinajstić information content (AvgIpc) is 2.35. The second-order valence-electron chi connectivity index (χ2n) is 4.94. The van der Waals surface area contributed by atoms with Crippen molar-refractivity contribution in [2.75, 3.05) is 13.2 Å². The molecule has 2 atom stereocenters. The first-order valence-corrected chi connectivity index (χ1v) is 6.31. The molecule has 1 aliphatic rings. The van der Waals surface area contributed by atoms with Crippen LogP contribution < -0.4 is 11.1 Å². The molecule has 0 saturated carbocycles. The summed E-state index contributed by atoms with van der Waals surface area (Å²) in [5.41, 5.74) is 5.01. The van der Waals surface area contributed by atoms with Gasteiger partial charge in [-0.3, -0.25) is 4.79 Å². The number of hydrogen-bond acceptors (Lipinski definition) is 4. The van der Waals surface area contributed by atoms with E-state index >= 15 is 0 Å². The minimum absolute atomic E-state index is 0.130. The zero-order valence-electron chi connectivity index (χ0n) is 10.9. The molecule has 1 fully saturated rings. The maximum atomic E-state index is 12.1. The maximum Gasteiger partial charge on any atom is 0.326 e. The number of carbonyl (C=O) groups excluding carboxylic acids is 1. The summed E-state index contributed by atoms with van der Waals surface area (Å²) in [6.45, 7) is 4.56. The second-order valence-corrected chi connectivity index (χ2v) is 4.94. The van der Waals surface area contributed by atoms with Gasteiger partial charge >= 0.3 is 5.97 Å². The first-order valence-electron chi connectivity index (χ1n) is 6.31. The molecule has 1 unspecified atom stereocenters. The molecule has 104 valence electrons. The fourth-order valence-electron chi connectivity index (χ4n) is 1.93. The minimum atomic E-state index is -1.02. The highest BCUT2D eigenvalue weighted by atomic mass is 16.5. The Labute approximate surface area is 107 Å². The van der Waals surface area contributed by atoms with E-state index in [1.54, 1.807) is 6.92 Å². The lowest BCUT2D eigenvalue weighted by Gasteiger charge is -2.33. The van der Waals surface area contributed by atoms with Gasteiger partial charge in [0.05, 0.1) is 5.54 Å². The molecule has 0 aromatic rings. The normalized spacial score (nSPS) is 21.9. The van der Waals surface area contributed by atoms with Crippen molar-refractivity contribution in [3.63, 3.8) is 0 Å². The Bertz CT molecular complexity index is 313. The van der Waals surface area contributed by atoms with E-state index in [0.29, 0.717) is 32.5 Å². The maximum absolute atomic E-state index is 12.1. The van der Waals surface area contributed by atoms with Gasteiger partial charge in [-0.1, -0.05) is 20.3 Å². The summed E-state index contributed by atoms with van der Waals surface area (Å²) in [7, 11) is 0. The average molecular weight is 258 g/mol. The number of rotatable bonds is 5. The molecule has 0 aliphatic carbocycles. The number of carboxylic acid groups (broad SMARTS) is 1. The van der Waals surface area contributed by atoms with Crippen LogP contribution in [-0.2, 0) is 14.3 Å². The van der Waals surface area contributed by atoms with Gasteiger partial charge in [0, 0.05) is 13.2 Å². The molecular weight excluding hydrogens is 236 g/mol. The van der Waals surface area contributed by atoms with E-state index in [-0.39, 0.29) is 5.92 Å². The molecule has 18 heavy (non-hydrogen) atoms. The number of carboxylic acids is 1. The van der Waals surface area contributed by atoms with Gasteiger partial charge in [0.25, 0.3) is 0 Å². The van der Waals surface area contributed by atoms with Gasteiger partial charge in [-0.15, -0.1) is 0 Å². The van der Waals surface area contributed by atoms with E-state index in [2.05, 4.69) is 5.32 Å². The molecule has 1 heterocycles. The van der Waals surface area contributed by atoms with Crippen LogP contribution in [0.15, 0.2) is 0 Å². The summed E-state index contributed by atoms with van der Waals surface area (Å²) >= 11 is 0. The second kappa shape index (κ2) is 6.15. The van der Waals surface area contributed by atoms with Crippen LogP contribution in [-0.4, -0.2) is 41.8 Å². The van der Waals surface area contributed by atoms with E-state index in [4.69, 9.17) is 15.6 Å². The molecule has 4 N–H and O–H groups in total. The van der Waals surface area contributed by atoms with Gasteiger partial charge in [-0.2, -0.15) is 0 Å². The Kier molecular flexibility index (Phi) is 5.10. The molecule has 6 nitrogen and oxygen atoms in total. The Morgan fingerprint density at radius 1 is 1.44 bits per heavy atom. The van der Waals surface area contributed by atoms with Crippen LogP contribution in [0.4, 0.5) is 0 Å². The number of hydrogen-bond donors (Lipinski definition) is 3. The SMILES string of the molecule is CCC(C)[C@H](NC(=O)C1(N)CCOCC1)C(=O)O. The van der Waals surface area contributed by atoms with Gasteiger partial charge < -0.3 is 20.9 Å². The first-order chi connectivity index (χ1) is 8.40. The number of nitrogens with two attached hydrogens (primary N) is 1. The van der Waals surface area contributed by atoms with Crippen LogP contribution in [0.3, 0.4) is 0 Å². The zero-order chi connectivity index (χ0) is 13.8. The van der Waals surface area contributed by atoms with Crippen molar-refractivity contribution in [2.45, 2.75) is 44.7 Å². The molecule has 0 bridgehead atoms. The topological polar surface area (TPSA) is 102 Å². The van der Waals surface area contributed by atoms with Crippen molar-refractivity contribution in [3.8, 4) is 0 Å². The fourth-order valence-corrected chi connectivity index (χ4v) is 1.93. The number of carbonyl (C=O) groups is 2. The molecule has 0 spiro atoms.